The predicted molar refractivity (Wildman–Crippen MR) is 66.9 cm³/mol. The summed E-state index contributed by atoms with van der Waals surface area (Å²) in [6, 6.07) is 5.79. The predicted octanol–water partition coefficient (Wildman–Crippen LogP) is 2.35. The summed E-state index contributed by atoms with van der Waals surface area (Å²) in [5.41, 5.74) is 2.47. The van der Waals surface area contributed by atoms with E-state index in [1.807, 2.05) is 12.1 Å². The third-order valence-electron chi connectivity index (χ3n) is 3.02. The van der Waals surface area contributed by atoms with Crippen LogP contribution in [0.1, 0.15) is 22.8 Å². The Hall–Kier alpha value is -2.10. The van der Waals surface area contributed by atoms with Crippen molar-refractivity contribution in [2.75, 3.05) is 13.2 Å². The highest BCUT2D eigenvalue weighted by molar-refractivity contribution is 5.95. The third kappa shape index (κ3) is 1.70. The molecule has 2 aromatic rings. The van der Waals surface area contributed by atoms with E-state index in [2.05, 4.69) is 4.98 Å². The molecule has 0 spiro atoms. The fourth-order valence-electron chi connectivity index (χ4n) is 2.16. The fourth-order valence-corrected chi connectivity index (χ4v) is 2.16. The SMILES string of the molecule is CCOC(=O)c1cnc2c3c(ccc2c1)CCO3. The van der Waals surface area contributed by atoms with Crippen LogP contribution in [0.15, 0.2) is 24.4 Å². The Morgan fingerprint density at radius 2 is 2.39 bits per heavy atom. The smallest absolute Gasteiger partial charge is 0.339 e. The van der Waals surface area contributed by atoms with Gasteiger partial charge >= 0.3 is 5.97 Å². The van der Waals surface area contributed by atoms with Gasteiger partial charge in [-0.25, -0.2) is 4.79 Å². The number of aromatic nitrogens is 1. The number of nitrogens with zero attached hydrogens (tertiary/aromatic N) is 1. The zero-order valence-electron chi connectivity index (χ0n) is 10.1. The first kappa shape index (κ1) is 11.0. The van der Waals surface area contributed by atoms with Crippen LogP contribution in [0.25, 0.3) is 10.9 Å². The van der Waals surface area contributed by atoms with Crippen molar-refractivity contribution in [3.63, 3.8) is 0 Å². The van der Waals surface area contributed by atoms with Crippen LogP contribution < -0.4 is 4.74 Å². The molecule has 1 aromatic carbocycles. The highest BCUT2D eigenvalue weighted by atomic mass is 16.5. The molecule has 0 atom stereocenters. The van der Waals surface area contributed by atoms with Crippen molar-refractivity contribution in [3.05, 3.63) is 35.5 Å². The molecule has 0 fully saturated rings. The van der Waals surface area contributed by atoms with Gasteiger partial charge in [-0.2, -0.15) is 0 Å². The minimum atomic E-state index is -0.340. The van der Waals surface area contributed by atoms with Gasteiger partial charge in [-0.15, -0.1) is 0 Å². The first-order chi connectivity index (χ1) is 8.79. The monoisotopic (exact) mass is 243 g/mol. The third-order valence-corrected chi connectivity index (χ3v) is 3.02. The van der Waals surface area contributed by atoms with Gasteiger partial charge < -0.3 is 9.47 Å². The molecule has 0 aliphatic carbocycles. The van der Waals surface area contributed by atoms with Crippen molar-refractivity contribution in [1.29, 1.82) is 0 Å². The average Bonchev–Trinajstić information content (AvgIpc) is 2.87. The van der Waals surface area contributed by atoms with E-state index < -0.39 is 0 Å². The molecule has 4 heteroatoms. The summed E-state index contributed by atoms with van der Waals surface area (Å²) in [5, 5.41) is 0.904. The number of benzene rings is 1. The van der Waals surface area contributed by atoms with Gasteiger partial charge in [-0.1, -0.05) is 12.1 Å². The van der Waals surface area contributed by atoms with Crippen LogP contribution in [-0.4, -0.2) is 24.2 Å². The number of rotatable bonds is 2. The molecule has 1 aliphatic heterocycles. The van der Waals surface area contributed by atoms with E-state index in [1.54, 1.807) is 19.2 Å². The van der Waals surface area contributed by atoms with Crippen molar-refractivity contribution >= 4 is 16.9 Å². The van der Waals surface area contributed by atoms with Gasteiger partial charge in [0.25, 0.3) is 0 Å². The van der Waals surface area contributed by atoms with Gasteiger partial charge in [-0.05, 0) is 18.6 Å². The minimum absolute atomic E-state index is 0.340. The number of ether oxygens (including phenoxy) is 2. The Morgan fingerprint density at radius 1 is 1.50 bits per heavy atom. The molecule has 0 amide bonds. The second kappa shape index (κ2) is 4.29. The normalized spacial score (nSPS) is 13.2. The molecule has 3 rings (SSSR count). The summed E-state index contributed by atoms with van der Waals surface area (Å²) in [4.78, 5) is 16.0. The van der Waals surface area contributed by atoms with Crippen molar-refractivity contribution in [3.8, 4) is 5.75 Å². The lowest BCUT2D eigenvalue weighted by molar-refractivity contribution is 0.0526. The Labute approximate surface area is 105 Å². The van der Waals surface area contributed by atoms with Gasteiger partial charge in [0, 0.05) is 18.0 Å². The molecule has 4 nitrogen and oxygen atoms in total. The first-order valence-electron chi connectivity index (χ1n) is 6.01. The maximum atomic E-state index is 11.6. The molecule has 0 saturated carbocycles. The van der Waals surface area contributed by atoms with E-state index in [0.717, 1.165) is 23.1 Å². The molecule has 0 saturated heterocycles. The maximum Gasteiger partial charge on any atom is 0.339 e. The Kier molecular flexibility index (Phi) is 2.63. The second-order valence-corrected chi connectivity index (χ2v) is 4.17. The molecule has 18 heavy (non-hydrogen) atoms. The molecule has 0 unspecified atom stereocenters. The van der Waals surface area contributed by atoms with Gasteiger partial charge in [0.05, 0.1) is 18.8 Å². The van der Waals surface area contributed by atoms with E-state index in [1.165, 1.54) is 5.56 Å². The number of carbonyl (C=O) groups is 1. The van der Waals surface area contributed by atoms with Crippen LogP contribution in [0.5, 0.6) is 5.75 Å². The number of pyridine rings is 1. The first-order valence-corrected chi connectivity index (χ1v) is 6.01. The van der Waals surface area contributed by atoms with E-state index in [9.17, 15) is 4.79 Å². The summed E-state index contributed by atoms with van der Waals surface area (Å²) in [5.74, 6) is 0.510. The average molecular weight is 243 g/mol. The number of fused-ring (bicyclic) bond motifs is 3. The Balaban J connectivity index is 2.09. The highest BCUT2D eigenvalue weighted by Gasteiger charge is 2.17. The topological polar surface area (TPSA) is 48.4 Å². The molecule has 2 heterocycles. The van der Waals surface area contributed by atoms with Crippen LogP contribution in [0.3, 0.4) is 0 Å². The van der Waals surface area contributed by atoms with E-state index in [-0.39, 0.29) is 5.97 Å². The minimum Gasteiger partial charge on any atom is -0.491 e. The van der Waals surface area contributed by atoms with Gasteiger partial charge in [0.1, 0.15) is 11.3 Å². The van der Waals surface area contributed by atoms with Crippen molar-refractivity contribution in [2.45, 2.75) is 13.3 Å². The van der Waals surface area contributed by atoms with Crippen LogP contribution >= 0.6 is 0 Å². The van der Waals surface area contributed by atoms with E-state index in [4.69, 9.17) is 9.47 Å². The van der Waals surface area contributed by atoms with Crippen LogP contribution in [0.2, 0.25) is 0 Å². The van der Waals surface area contributed by atoms with Gasteiger partial charge in [0.15, 0.2) is 0 Å². The maximum absolute atomic E-state index is 11.6. The molecule has 0 radical (unpaired) electrons. The molecular formula is C14H13NO3. The van der Waals surface area contributed by atoms with E-state index in [0.29, 0.717) is 18.8 Å². The molecule has 0 bridgehead atoms. The summed E-state index contributed by atoms with van der Waals surface area (Å²) < 4.78 is 10.5. The van der Waals surface area contributed by atoms with Crippen LogP contribution in [0, 0.1) is 0 Å². The standard InChI is InChI=1S/C14H13NO3/c1-2-17-14(16)11-7-10-4-3-9-5-6-18-13(9)12(10)15-8-11/h3-4,7-8H,2,5-6H2,1H3. The summed E-state index contributed by atoms with van der Waals surface area (Å²) in [7, 11) is 0. The zero-order chi connectivity index (χ0) is 12.5. The lowest BCUT2D eigenvalue weighted by Gasteiger charge is -2.06. The Bertz CT molecular complexity index is 622. The van der Waals surface area contributed by atoms with Crippen LogP contribution in [0.4, 0.5) is 0 Å². The molecular weight excluding hydrogens is 230 g/mol. The highest BCUT2D eigenvalue weighted by Crippen LogP contribution is 2.32. The molecule has 1 aromatic heterocycles. The number of carbonyl (C=O) groups excluding carboxylic acids is 1. The van der Waals surface area contributed by atoms with Gasteiger partial charge in [0.2, 0.25) is 0 Å². The summed E-state index contributed by atoms with van der Waals surface area (Å²) in [6.07, 6.45) is 2.47. The lowest BCUT2D eigenvalue weighted by atomic mass is 10.1. The second-order valence-electron chi connectivity index (χ2n) is 4.17. The van der Waals surface area contributed by atoms with Crippen molar-refractivity contribution in [1.82, 2.24) is 4.98 Å². The number of hydrogen-bond acceptors (Lipinski definition) is 4. The number of hydrogen-bond donors (Lipinski definition) is 0. The van der Waals surface area contributed by atoms with Crippen LogP contribution in [-0.2, 0) is 11.2 Å². The summed E-state index contributed by atoms with van der Waals surface area (Å²) >= 11 is 0. The quantitative estimate of drug-likeness (QED) is 0.760. The van der Waals surface area contributed by atoms with Gasteiger partial charge in [-0.3, -0.25) is 4.98 Å². The Morgan fingerprint density at radius 3 is 3.22 bits per heavy atom. The fraction of sp³-hybridized carbons (Fsp3) is 0.286. The van der Waals surface area contributed by atoms with Crippen molar-refractivity contribution in [2.24, 2.45) is 0 Å². The lowest BCUT2D eigenvalue weighted by Crippen LogP contribution is -2.05. The van der Waals surface area contributed by atoms with E-state index >= 15 is 0 Å². The summed E-state index contributed by atoms with van der Waals surface area (Å²) in [6.45, 7) is 2.85. The molecule has 1 aliphatic rings. The molecule has 0 N–H and O–H groups in total. The zero-order valence-corrected chi connectivity index (χ0v) is 10.1. The largest absolute Gasteiger partial charge is 0.491 e. The number of esters is 1. The van der Waals surface area contributed by atoms with Crippen molar-refractivity contribution < 1.29 is 14.3 Å². The molecule has 92 valence electrons.